The minimum Gasteiger partial charge on any atom is -0.309 e. The van der Waals surface area contributed by atoms with Crippen molar-refractivity contribution in [3.63, 3.8) is 0 Å². The molecule has 16 aromatic rings. The fraction of sp³-hybridized carbons (Fsp3) is 0. The second kappa shape index (κ2) is 12.9. The van der Waals surface area contributed by atoms with Crippen molar-refractivity contribution in [2.45, 2.75) is 0 Å². The van der Waals surface area contributed by atoms with Crippen LogP contribution in [0, 0.1) is 0 Å². The first-order valence-electron chi connectivity index (χ1n) is 23.3. The normalized spacial score (nSPS) is 12.5. The van der Waals surface area contributed by atoms with Gasteiger partial charge in [0.1, 0.15) is 0 Å². The van der Waals surface area contributed by atoms with Crippen LogP contribution in [0.4, 0.5) is 0 Å². The van der Waals surface area contributed by atoms with Gasteiger partial charge in [-0.3, -0.25) is 0 Å². The first-order chi connectivity index (χ1) is 33.2. The topological polar surface area (TPSA) is 14.3 Å². The summed E-state index contributed by atoms with van der Waals surface area (Å²) in [4.78, 5) is 0. The van der Waals surface area contributed by atoms with E-state index in [1.165, 1.54) is 148 Å². The highest BCUT2D eigenvalue weighted by molar-refractivity contribution is 6.26. The molecule has 0 atom stereocenters. The summed E-state index contributed by atoms with van der Waals surface area (Å²) in [6, 6.07) is 83.8. The molecule has 0 aliphatic carbocycles. The van der Waals surface area contributed by atoms with Crippen molar-refractivity contribution in [1.29, 1.82) is 0 Å². The number of hydrogen-bond acceptors (Lipinski definition) is 0. The quantitative estimate of drug-likeness (QED) is 0.157. The van der Waals surface area contributed by atoms with Crippen LogP contribution in [0.15, 0.2) is 224 Å². The number of benzene rings is 12. The largest absolute Gasteiger partial charge is 0.309 e. The van der Waals surface area contributed by atoms with E-state index >= 15 is 0 Å². The molecule has 3 nitrogen and oxygen atoms in total. The van der Waals surface area contributed by atoms with Crippen molar-refractivity contribution in [3.05, 3.63) is 224 Å². The molecule has 308 valence electrons. The standard InChI is InChI=1S/C64H37N3/c1-5-16-55-46(12-1)51-34-43(28-32-60(51)65(55)45-36-53-48-14-3-7-18-57(48)67-58-19-8-4-15-49(58)54(37-45)64(53)67)38-20-22-39(23-21-38)44-29-33-61-52(35-44)47-13-2-6-17-56(47)66(61)59-31-27-42-25-24-40-10-9-11-41-26-30-50(59)63(42)62(40)41/h1-37H. The fourth-order valence-corrected chi connectivity index (χ4v) is 12.2. The summed E-state index contributed by atoms with van der Waals surface area (Å²) < 4.78 is 7.40. The molecule has 4 aromatic heterocycles. The minimum atomic E-state index is 1.18. The summed E-state index contributed by atoms with van der Waals surface area (Å²) in [5.74, 6) is 0. The van der Waals surface area contributed by atoms with Gasteiger partial charge in [-0.15, -0.1) is 0 Å². The van der Waals surface area contributed by atoms with Crippen LogP contribution in [0.1, 0.15) is 0 Å². The van der Waals surface area contributed by atoms with Crippen molar-refractivity contribution >= 4 is 114 Å². The third kappa shape index (κ3) is 4.69. The average Bonchev–Trinajstić information content (AvgIpc) is 4.12. The van der Waals surface area contributed by atoms with Gasteiger partial charge in [-0.05, 0) is 116 Å². The molecule has 67 heavy (non-hydrogen) atoms. The summed E-state index contributed by atoms with van der Waals surface area (Å²) >= 11 is 0. The van der Waals surface area contributed by atoms with Gasteiger partial charge in [-0.2, -0.15) is 0 Å². The average molecular weight is 848 g/mol. The second-order valence-electron chi connectivity index (χ2n) is 18.4. The Morgan fingerprint density at radius 2 is 0.672 bits per heavy atom. The number of nitrogens with zero attached hydrogens (tertiary/aromatic N) is 3. The third-order valence-corrected chi connectivity index (χ3v) is 15.1. The molecule has 12 aromatic carbocycles. The van der Waals surface area contributed by atoms with Crippen LogP contribution in [-0.4, -0.2) is 13.5 Å². The Morgan fingerprint density at radius 3 is 1.25 bits per heavy atom. The maximum absolute atomic E-state index is 2.47. The van der Waals surface area contributed by atoms with Gasteiger partial charge in [-0.25, -0.2) is 0 Å². The van der Waals surface area contributed by atoms with Crippen molar-refractivity contribution in [3.8, 4) is 33.6 Å². The molecular weight excluding hydrogens is 811 g/mol. The zero-order valence-corrected chi connectivity index (χ0v) is 36.2. The Kier molecular flexibility index (Phi) is 6.81. The Bertz CT molecular complexity index is 4630. The molecule has 3 heteroatoms. The summed E-state index contributed by atoms with van der Waals surface area (Å²) in [5, 5.41) is 18.0. The molecule has 0 bridgehead atoms. The Balaban J connectivity index is 0.808. The molecule has 0 spiro atoms. The van der Waals surface area contributed by atoms with E-state index in [9.17, 15) is 0 Å². The van der Waals surface area contributed by atoms with Crippen LogP contribution in [0.5, 0.6) is 0 Å². The van der Waals surface area contributed by atoms with Crippen LogP contribution >= 0.6 is 0 Å². The maximum Gasteiger partial charge on any atom is 0.0622 e. The van der Waals surface area contributed by atoms with E-state index in [1.807, 2.05) is 0 Å². The zero-order chi connectivity index (χ0) is 43.5. The lowest BCUT2D eigenvalue weighted by atomic mass is 9.93. The summed E-state index contributed by atoms with van der Waals surface area (Å²) in [5.41, 5.74) is 15.9. The molecule has 0 saturated carbocycles. The fourth-order valence-electron chi connectivity index (χ4n) is 12.2. The Labute approximate surface area is 383 Å². The first-order valence-corrected chi connectivity index (χ1v) is 23.3. The molecule has 0 aliphatic rings. The molecule has 0 radical (unpaired) electrons. The summed E-state index contributed by atoms with van der Waals surface area (Å²) in [7, 11) is 0. The molecule has 0 N–H and O–H groups in total. The molecule has 0 amide bonds. The van der Waals surface area contributed by atoms with Crippen molar-refractivity contribution < 1.29 is 0 Å². The van der Waals surface area contributed by atoms with E-state index < -0.39 is 0 Å². The summed E-state index contributed by atoms with van der Waals surface area (Å²) in [6.07, 6.45) is 0. The van der Waals surface area contributed by atoms with E-state index in [0.29, 0.717) is 0 Å². The Hall–Kier alpha value is -8.92. The molecule has 4 heterocycles. The van der Waals surface area contributed by atoms with Gasteiger partial charge in [0.25, 0.3) is 0 Å². The summed E-state index contributed by atoms with van der Waals surface area (Å²) in [6.45, 7) is 0. The highest BCUT2D eigenvalue weighted by atomic mass is 15.0. The van der Waals surface area contributed by atoms with E-state index in [2.05, 4.69) is 238 Å². The number of para-hydroxylation sites is 4. The van der Waals surface area contributed by atoms with Gasteiger partial charge in [0.05, 0.1) is 44.3 Å². The van der Waals surface area contributed by atoms with E-state index in [4.69, 9.17) is 0 Å². The van der Waals surface area contributed by atoms with Gasteiger partial charge in [0.15, 0.2) is 0 Å². The number of aromatic nitrogens is 3. The van der Waals surface area contributed by atoms with Gasteiger partial charge in [0, 0.05) is 54.2 Å². The van der Waals surface area contributed by atoms with Crippen LogP contribution in [-0.2, 0) is 0 Å². The first kappa shape index (κ1) is 35.4. The maximum atomic E-state index is 2.47. The van der Waals surface area contributed by atoms with Crippen LogP contribution in [0.25, 0.3) is 148 Å². The molecule has 0 aliphatic heterocycles. The van der Waals surface area contributed by atoms with Crippen molar-refractivity contribution in [2.24, 2.45) is 0 Å². The van der Waals surface area contributed by atoms with Gasteiger partial charge < -0.3 is 13.5 Å². The highest BCUT2D eigenvalue weighted by Gasteiger charge is 2.22. The van der Waals surface area contributed by atoms with E-state index in [0.717, 1.165) is 0 Å². The van der Waals surface area contributed by atoms with Gasteiger partial charge in [0.2, 0.25) is 0 Å². The molecular formula is C64H37N3. The lowest BCUT2D eigenvalue weighted by molar-refractivity contribution is 1.19. The monoisotopic (exact) mass is 847 g/mol. The zero-order valence-electron chi connectivity index (χ0n) is 36.2. The molecule has 0 fully saturated rings. The number of rotatable bonds is 4. The van der Waals surface area contributed by atoms with Crippen molar-refractivity contribution in [2.75, 3.05) is 0 Å². The predicted octanol–water partition coefficient (Wildman–Crippen LogP) is 17.3. The van der Waals surface area contributed by atoms with Crippen LogP contribution in [0.3, 0.4) is 0 Å². The number of fused-ring (bicyclic) bond motifs is 12. The van der Waals surface area contributed by atoms with Crippen molar-refractivity contribution in [1.82, 2.24) is 13.5 Å². The van der Waals surface area contributed by atoms with Crippen LogP contribution < -0.4 is 0 Å². The van der Waals surface area contributed by atoms with Gasteiger partial charge >= 0.3 is 0 Å². The van der Waals surface area contributed by atoms with E-state index in [1.54, 1.807) is 0 Å². The predicted molar refractivity (Wildman–Crippen MR) is 284 cm³/mol. The lowest BCUT2D eigenvalue weighted by Gasteiger charge is -2.16. The molecule has 16 rings (SSSR count). The highest BCUT2D eigenvalue weighted by Crippen LogP contribution is 2.44. The SMILES string of the molecule is c1cc2ccc3ccc(-n4c5ccccc5c5cc(-c6ccc(-c7ccc8c(c7)c7ccccc7n8-c7cc8c9ccccc9n9c%10ccccc%10c(c7)c89)cc6)ccc54)c4ccc(c1)c2c34. The lowest BCUT2D eigenvalue weighted by Crippen LogP contribution is -1.96. The minimum absolute atomic E-state index is 1.18. The third-order valence-electron chi connectivity index (χ3n) is 15.1. The van der Waals surface area contributed by atoms with Gasteiger partial charge in [-0.1, -0.05) is 158 Å². The number of hydrogen-bond donors (Lipinski definition) is 0. The molecule has 0 unspecified atom stereocenters. The smallest absolute Gasteiger partial charge is 0.0622 e. The molecule has 0 saturated heterocycles. The second-order valence-corrected chi connectivity index (χ2v) is 18.4. The Morgan fingerprint density at radius 1 is 0.239 bits per heavy atom. The van der Waals surface area contributed by atoms with E-state index in [-0.39, 0.29) is 0 Å². The van der Waals surface area contributed by atoms with Crippen LogP contribution in [0.2, 0.25) is 0 Å².